The zero-order chi connectivity index (χ0) is 13.5. The van der Waals surface area contributed by atoms with Crippen LogP contribution in [0.4, 0.5) is 0 Å². The van der Waals surface area contributed by atoms with Gasteiger partial charge in [0.25, 0.3) is 0 Å². The summed E-state index contributed by atoms with van der Waals surface area (Å²) in [5, 5.41) is 10.2. The van der Waals surface area contributed by atoms with Crippen molar-refractivity contribution in [2.75, 3.05) is 26.2 Å². The standard InChI is InChI=1S/C16H18N4/c17-5-6-19-7-8-20-11-16-14(9-12(20)10-19)13-3-1-2-4-15(13)18-16/h1-4,12,18H,6-11H2. The number of fused-ring (bicyclic) bond motifs is 4. The van der Waals surface area contributed by atoms with Crippen LogP contribution in [0.2, 0.25) is 0 Å². The molecule has 1 fully saturated rings. The Morgan fingerprint density at radius 1 is 1.30 bits per heavy atom. The predicted molar refractivity (Wildman–Crippen MR) is 78.3 cm³/mol. The average molecular weight is 266 g/mol. The molecule has 1 atom stereocenters. The van der Waals surface area contributed by atoms with Crippen molar-refractivity contribution in [2.24, 2.45) is 0 Å². The molecular formula is C16H18N4. The van der Waals surface area contributed by atoms with Gasteiger partial charge < -0.3 is 4.98 Å². The van der Waals surface area contributed by atoms with Crippen LogP contribution in [0.25, 0.3) is 10.9 Å². The molecule has 4 nitrogen and oxygen atoms in total. The van der Waals surface area contributed by atoms with E-state index in [4.69, 9.17) is 5.26 Å². The largest absolute Gasteiger partial charge is 0.357 e. The monoisotopic (exact) mass is 266 g/mol. The average Bonchev–Trinajstić information content (AvgIpc) is 2.83. The molecule has 1 saturated heterocycles. The summed E-state index contributed by atoms with van der Waals surface area (Å²) in [7, 11) is 0. The van der Waals surface area contributed by atoms with Gasteiger partial charge in [-0.25, -0.2) is 0 Å². The molecule has 0 saturated carbocycles. The summed E-state index contributed by atoms with van der Waals surface area (Å²) in [6.07, 6.45) is 1.10. The van der Waals surface area contributed by atoms with Crippen LogP contribution >= 0.6 is 0 Å². The number of nitrogens with one attached hydrogen (secondary N) is 1. The molecule has 0 aliphatic carbocycles. The first-order valence-corrected chi connectivity index (χ1v) is 7.27. The van der Waals surface area contributed by atoms with E-state index in [9.17, 15) is 0 Å². The number of hydrogen-bond donors (Lipinski definition) is 1. The van der Waals surface area contributed by atoms with E-state index in [1.807, 2.05) is 0 Å². The summed E-state index contributed by atoms with van der Waals surface area (Å²) < 4.78 is 0. The summed E-state index contributed by atoms with van der Waals surface area (Å²) in [5.74, 6) is 0. The third kappa shape index (κ3) is 1.82. The molecule has 0 spiro atoms. The Balaban J connectivity index is 1.66. The highest BCUT2D eigenvalue weighted by Crippen LogP contribution is 2.31. The summed E-state index contributed by atoms with van der Waals surface area (Å²) in [6.45, 7) is 4.69. The van der Waals surface area contributed by atoms with Crippen molar-refractivity contribution >= 4 is 10.9 Å². The Morgan fingerprint density at radius 3 is 3.10 bits per heavy atom. The van der Waals surface area contributed by atoms with Gasteiger partial charge in [0.1, 0.15) is 0 Å². The van der Waals surface area contributed by atoms with Crippen LogP contribution < -0.4 is 0 Å². The van der Waals surface area contributed by atoms with E-state index in [0.717, 1.165) is 32.6 Å². The van der Waals surface area contributed by atoms with E-state index >= 15 is 0 Å². The number of aromatic nitrogens is 1. The smallest absolute Gasteiger partial charge is 0.0866 e. The number of aromatic amines is 1. The molecule has 0 bridgehead atoms. The number of benzene rings is 1. The van der Waals surface area contributed by atoms with Crippen molar-refractivity contribution in [3.63, 3.8) is 0 Å². The fourth-order valence-electron chi connectivity index (χ4n) is 3.67. The highest BCUT2D eigenvalue weighted by molar-refractivity contribution is 5.84. The first-order chi connectivity index (χ1) is 9.85. The third-order valence-corrected chi connectivity index (χ3v) is 4.69. The molecule has 1 aromatic heterocycles. The second-order valence-corrected chi connectivity index (χ2v) is 5.85. The van der Waals surface area contributed by atoms with Crippen LogP contribution in [0.15, 0.2) is 24.3 Å². The summed E-state index contributed by atoms with van der Waals surface area (Å²) in [5.41, 5.74) is 4.13. The minimum absolute atomic E-state index is 0.559. The summed E-state index contributed by atoms with van der Waals surface area (Å²) in [6, 6.07) is 11.4. The minimum Gasteiger partial charge on any atom is -0.357 e. The fourth-order valence-corrected chi connectivity index (χ4v) is 3.67. The Kier molecular flexibility index (Phi) is 2.76. The highest BCUT2D eigenvalue weighted by atomic mass is 15.3. The topological polar surface area (TPSA) is 46.1 Å². The SMILES string of the molecule is N#CCN1CCN2Cc3[nH]c4ccccc4c3CC2C1. The number of para-hydroxylation sites is 1. The lowest BCUT2D eigenvalue weighted by Crippen LogP contribution is -2.55. The molecule has 1 aromatic carbocycles. The molecule has 4 heteroatoms. The minimum atomic E-state index is 0.559. The van der Waals surface area contributed by atoms with Gasteiger partial charge in [-0.2, -0.15) is 5.26 Å². The van der Waals surface area contributed by atoms with Crippen LogP contribution in [0, 0.1) is 11.3 Å². The van der Waals surface area contributed by atoms with Crippen LogP contribution in [0.3, 0.4) is 0 Å². The summed E-state index contributed by atoms with van der Waals surface area (Å²) >= 11 is 0. The van der Waals surface area contributed by atoms with Gasteiger partial charge in [-0.1, -0.05) is 18.2 Å². The Morgan fingerprint density at radius 2 is 2.20 bits per heavy atom. The van der Waals surface area contributed by atoms with Crippen LogP contribution in [0.5, 0.6) is 0 Å². The lowest BCUT2D eigenvalue weighted by Gasteiger charge is -2.43. The lowest BCUT2D eigenvalue weighted by atomic mass is 9.95. The second-order valence-electron chi connectivity index (χ2n) is 5.85. The third-order valence-electron chi connectivity index (χ3n) is 4.69. The molecule has 2 aromatic rings. The predicted octanol–water partition coefficient (Wildman–Crippen LogP) is 1.73. The molecule has 0 radical (unpaired) electrons. The van der Waals surface area contributed by atoms with E-state index in [1.54, 1.807) is 0 Å². The van der Waals surface area contributed by atoms with E-state index in [0.29, 0.717) is 12.6 Å². The van der Waals surface area contributed by atoms with E-state index in [-0.39, 0.29) is 0 Å². The Bertz CT molecular complexity index is 681. The van der Waals surface area contributed by atoms with Crippen LogP contribution in [-0.2, 0) is 13.0 Å². The number of H-pyrrole nitrogens is 1. The van der Waals surface area contributed by atoms with Gasteiger partial charge in [0, 0.05) is 48.8 Å². The molecule has 2 aliphatic rings. The van der Waals surface area contributed by atoms with Gasteiger partial charge in [-0.3, -0.25) is 9.80 Å². The van der Waals surface area contributed by atoms with E-state index in [1.165, 1.54) is 22.2 Å². The van der Waals surface area contributed by atoms with Crippen molar-refractivity contribution in [1.82, 2.24) is 14.8 Å². The van der Waals surface area contributed by atoms with Gasteiger partial charge in [0.15, 0.2) is 0 Å². The van der Waals surface area contributed by atoms with Gasteiger partial charge in [0.2, 0.25) is 0 Å². The van der Waals surface area contributed by atoms with Crippen molar-refractivity contribution in [2.45, 2.75) is 19.0 Å². The van der Waals surface area contributed by atoms with E-state index < -0.39 is 0 Å². The maximum Gasteiger partial charge on any atom is 0.0866 e. The van der Waals surface area contributed by atoms with Crippen molar-refractivity contribution in [1.29, 1.82) is 5.26 Å². The first-order valence-electron chi connectivity index (χ1n) is 7.27. The summed E-state index contributed by atoms with van der Waals surface area (Å²) in [4.78, 5) is 8.42. The number of nitriles is 1. The fraction of sp³-hybridized carbons (Fsp3) is 0.438. The van der Waals surface area contributed by atoms with Crippen molar-refractivity contribution < 1.29 is 0 Å². The van der Waals surface area contributed by atoms with Crippen molar-refractivity contribution in [3.8, 4) is 6.07 Å². The lowest BCUT2D eigenvalue weighted by molar-refractivity contribution is 0.0673. The van der Waals surface area contributed by atoms with E-state index in [2.05, 4.69) is 45.1 Å². The first kappa shape index (κ1) is 12.0. The molecule has 1 N–H and O–H groups in total. The second kappa shape index (κ2) is 4.62. The molecular weight excluding hydrogens is 248 g/mol. The number of piperazine rings is 1. The normalized spacial score (nSPS) is 23.2. The molecule has 20 heavy (non-hydrogen) atoms. The van der Waals surface area contributed by atoms with Crippen LogP contribution in [0.1, 0.15) is 11.3 Å². The molecule has 102 valence electrons. The molecule has 0 amide bonds. The molecule has 2 aliphatic heterocycles. The van der Waals surface area contributed by atoms with Crippen molar-refractivity contribution in [3.05, 3.63) is 35.5 Å². The Hall–Kier alpha value is -1.83. The number of nitrogens with zero attached hydrogens (tertiary/aromatic N) is 3. The molecule has 4 rings (SSSR count). The van der Waals surface area contributed by atoms with Gasteiger partial charge in [-0.05, 0) is 18.1 Å². The zero-order valence-electron chi connectivity index (χ0n) is 11.5. The zero-order valence-corrected chi connectivity index (χ0v) is 11.5. The quantitative estimate of drug-likeness (QED) is 0.800. The number of hydrogen-bond acceptors (Lipinski definition) is 3. The highest BCUT2D eigenvalue weighted by Gasteiger charge is 2.32. The van der Waals surface area contributed by atoms with Gasteiger partial charge in [-0.15, -0.1) is 0 Å². The number of rotatable bonds is 1. The maximum atomic E-state index is 8.87. The van der Waals surface area contributed by atoms with Crippen LogP contribution in [-0.4, -0.2) is 47.0 Å². The molecule has 3 heterocycles. The van der Waals surface area contributed by atoms with Gasteiger partial charge in [0.05, 0.1) is 12.6 Å². The Labute approximate surface area is 118 Å². The maximum absolute atomic E-state index is 8.87. The molecule has 1 unspecified atom stereocenters. The van der Waals surface area contributed by atoms with Gasteiger partial charge >= 0.3 is 0 Å².